The monoisotopic (exact) mass is 290 g/mol. The molecule has 21 heavy (non-hydrogen) atoms. The molecule has 3 atom stereocenters. The Morgan fingerprint density at radius 2 is 2.19 bits per heavy atom. The van der Waals surface area contributed by atoms with Gasteiger partial charge in [-0.15, -0.1) is 0 Å². The molecule has 1 aromatic rings. The molecule has 0 radical (unpaired) electrons. The lowest BCUT2D eigenvalue weighted by molar-refractivity contribution is -0.126. The molecule has 1 amide bonds. The van der Waals surface area contributed by atoms with Crippen LogP contribution in [0.1, 0.15) is 50.6 Å². The van der Waals surface area contributed by atoms with Gasteiger partial charge in [-0.25, -0.2) is 0 Å². The molecule has 2 rings (SSSR count). The van der Waals surface area contributed by atoms with Crippen molar-refractivity contribution in [1.82, 2.24) is 5.32 Å². The molecule has 1 saturated carbocycles. The maximum atomic E-state index is 12.5. The van der Waals surface area contributed by atoms with E-state index >= 15 is 0 Å². The number of amides is 1. The SMILES string of the molecule is CCC(NC(=O)C1CCCC(N)C1)c1ccccc1OC. The van der Waals surface area contributed by atoms with Crippen molar-refractivity contribution in [2.75, 3.05) is 7.11 Å². The zero-order valence-corrected chi connectivity index (χ0v) is 13.0. The number of benzene rings is 1. The van der Waals surface area contributed by atoms with Gasteiger partial charge in [-0.05, 0) is 31.7 Å². The zero-order chi connectivity index (χ0) is 15.2. The highest BCUT2D eigenvalue weighted by Crippen LogP contribution is 2.29. The fourth-order valence-electron chi connectivity index (χ4n) is 3.11. The Morgan fingerprint density at radius 3 is 2.86 bits per heavy atom. The van der Waals surface area contributed by atoms with Crippen LogP contribution in [-0.4, -0.2) is 19.1 Å². The standard InChI is InChI=1S/C17H26N2O2/c1-3-15(14-9-4-5-10-16(14)21-2)19-17(20)12-7-6-8-13(18)11-12/h4-5,9-10,12-13,15H,3,6-8,11,18H2,1-2H3,(H,19,20). The molecule has 0 spiro atoms. The van der Waals surface area contributed by atoms with Gasteiger partial charge in [0.25, 0.3) is 0 Å². The number of hydrogen-bond acceptors (Lipinski definition) is 3. The second kappa shape index (κ2) is 7.46. The highest BCUT2D eigenvalue weighted by Gasteiger charge is 2.27. The van der Waals surface area contributed by atoms with E-state index in [1.807, 2.05) is 24.3 Å². The minimum Gasteiger partial charge on any atom is -0.496 e. The van der Waals surface area contributed by atoms with E-state index < -0.39 is 0 Å². The van der Waals surface area contributed by atoms with E-state index in [1.54, 1.807) is 7.11 Å². The number of carbonyl (C=O) groups is 1. The second-order valence-corrected chi connectivity index (χ2v) is 5.83. The Balaban J connectivity index is 2.06. The fraction of sp³-hybridized carbons (Fsp3) is 0.588. The fourth-order valence-corrected chi connectivity index (χ4v) is 3.11. The van der Waals surface area contributed by atoms with E-state index in [0.717, 1.165) is 43.4 Å². The Labute approximate surface area is 127 Å². The van der Waals surface area contributed by atoms with Gasteiger partial charge in [-0.2, -0.15) is 0 Å². The Hall–Kier alpha value is -1.55. The van der Waals surface area contributed by atoms with Gasteiger partial charge < -0.3 is 15.8 Å². The van der Waals surface area contributed by atoms with Crippen molar-refractivity contribution in [2.45, 2.75) is 51.1 Å². The average Bonchev–Trinajstić information content (AvgIpc) is 2.52. The first-order valence-corrected chi connectivity index (χ1v) is 7.84. The maximum absolute atomic E-state index is 12.5. The lowest BCUT2D eigenvalue weighted by atomic mass is 9.85. The number of rotatable bonds is 5. The van der Waals surface area contributed by atoms with Crippen LogP contribution in [0.4, 0.5) is 0 Å². The predicted octanol–water partition coefficient (Wildman–Crippen LogP) is 2.78. The molecular weight excluding hydrogens is 264 g/mol. The molecule has 1 aliphatic rings. The number of carbonyl (C=O) groups excluding carboxylic acids is 1. The van der Waals surface area contributed by atoms with Crippen LogP contribution < -0.4 is 15.8 Å². The van der Waals surface area contributed by atoms with E-state index in [2.05, 4.69) is 12.2 Å². The van der Waals surface area contributed by atoms with Crippen LogP contribution in [0.2, 0.25) is 0 Å². The van der Waals surface area contributed by atoms with E-state index in [0.29, 0.717) is 0 Å². The van der Waals surface area contributed by atoms with Gasteiger partial charge in [0, 0.05) is 17.5 Å². The summed E-state index contributed by atoms with van der Waals surface area (Å²) in [5.74, 6) is 1.01. The van der Waals surface area contributed by atoms with Gasteiger partial charge in [-0.3, -0.25) is 4.79 Å². The molecular formula is C17H26N2O2. The van der Waals surface area contributed by atoms with Crippen molar-refractivity contribution in [3.8, 4) is 5.75 Å². The van der Waals surface area contributed by atoms with Gasteiger partial charge in [0.2, 0.25) is 5.91 Å². The van der Waals surface area contributed by atoms with E-state index in [-0.39, 0.29) is 23.9 Å². The minimum absolute atomic E-state index is 0.00759. The first-order valence-electron chi connectivity index (χ1n) is 7.84. The van der Waals surface area contributed by atoms with Crippen LogP contribution in [-0.2, 0) is 4.79 Å². The van der Waals surface area contributed by atoms with E-state index in [9.17, 15) is 4.79 Å². The minimum atomic E-state index is -0.00759. The number of methoxy groups -OCH3 is 1. The Kier molecular flexibility index (Phi) is 5.62. The van der Waals surface area contributed by atoms with E-state index in [1.165, 1.54) is 0 Å². The number of ether oxygens (including phenoxy) is 1. The molecule has 0 bridgehead atoms. The molecule has 4 nitrogen and oxygen atoms in total. The average molecular weight is 290 g/mol. The largest absolute Gasteiger partial charge is 0.496 e. The molecule has 1 aromatic carbocycles. The summed E-state index contributed by atoms with van der Waals surface area (Å²) < 4.78 is 5.40. The van der Waals surface area contributed by atoms with Gasteiger partial charge >= 0.3 is 0 Å². The highest BCUT2D eigenvalue weighted by molar-refractivity contribution is 5.79. The molecule has 4 heteroatoms. The summed E-state index contributed by atoms with van der Waals surface area (Å²) in [6.45, 7) is 2.07. The normalized spacial score (nSPS) is 23.4. The highest BCUT2D eigenvalue weighted by atomic mass is 16.5. The van der Waals surface area contributed by atoms with Gasteiger partial charge in [0.15, 0.2) is 0 Å². The third kappa shape index (κ3) is 3.97. The van der Waals surface area contributed by atoms with Gasteiger partial charge in [0.1, 0.15) is 5.75 Å². The Bertz CT molecular complexity index is 476. The maximum Gasteiger partial charge on any atom is 0.223 e. The Morgan fingerprint density at radius 1 is 1.43 bits per heavy atom. The van der Waals surface area contributed by atoms with Crippen molar-refractivity contribution >= 4 is 5.91 Å². The lowest BCUT2D eigenvalue weighted by Crippen LogP contribution is -2.39. The molecule has 0 aliphatic heterocycles. The van der Waals surface area contributed by atoms with Gasteiger partial charge in [0.05, 0.1) is 13.2 Å². The first-order chi connectivity index (χ1) is 10.2. The summed E-state index contributed by atoms with van der Waals surface area (Å²) in [6, 6.07) is 8.02. The smallest absolute Gasteiger partial charge is 0.223 e. The first kappa shape index (κ1) is 15.8. The molecule has 3 N–H and O–H groups in total. The number of hydrogen-bond donors (Lipinski definition) is 2. The van der Waals surface area contributed by atoms with Crippen molar-refractivity contribution in [3.63, 3.8) is 0 Å². The van der Waals surface area contributed by atoms with Crippen LogP contribution in [0.5, 0.6) is 5.75 Å². The molecule has 1 fully saturated rings. The van der Waals surface area contributed by atoms with Crippen LogP contribution in [0.3, 0.4) is 0 Å². The third-order valence-electron chi connectivity index (χ3n) is 4.32. The van der Waals surface area contributed by atoms with Crippen molar-refractivity contribution < 1.29 is 9.53 Å². The van der Waals surface area contributed by atoms with Crippen LogP contribution in [0, 0.1) is 5.92 Å². The zero-order valence-electron chi connectivity index (χ0n) is 13.0. The molecule has 0 heterocycles. The molecule has 0 aromatic heterocycles. The summed E-state index contributed by atoms with van der Waals surface area (Å²) in [6.07, 6.45) is 4.67. The van der Waals surface area contributed by atoms with Crippen LogP contribution in [0.15, 0.2) is 24.3 Å². The number of para-hydroxylation sites is 1. The lowest BCUT2D eigenvalue weighted by Gasteiger charge is -2.28. The summed E-state index contributed by atoms with van der Waals surface area (Å²) in [7, 11) is 1.66. The number of nitrogens with one attached hydrogen (secondary N) is 1. The third-order valence-corrected chi connectivity index (χ3v) is 4.32. The second-order valence-electron chi connectivity index (χ2n) is 5.83. The van der Waals surface area contributed by atoms with Gasteiger partial charge in [-0.1, -0.05) is 31.5 Å². The predicted molar refractivity (Wildman–Crippen MR) is 84.1 cm³/mol. The van der Waals surface area contributed by atoms with Crippen LogP contribution in [0.25, 0.3) is 0 Å². The molecule has 1 aliphatic carbocycles. The summed E-state index contributed by atoms with van der Waals surface area (Å²) in [5.41, 5.74) is 7.02. The molecule has 116 valence electrons. The summed E-state index contributed by atoms with van der Waals surface area (Å²) in [5, 5.41) is 3.17. The topological polar surface area (TPSA) is 64.4 Å². The number of nitrogens with two attached hydrogens (primary N) is 1. The quantitative estimate of drug-likeness (QED) is 0.876. The van der Waals surface area contributed by atoms with Crippen LogP contribution >= 0.6 is 0 Å². The van der Waals surface area contributed by atoms with Crippen molar-refractivity contribution in [3.05, 3.63) is 29.8 Å². The summed E-state index contributed by atoms with van der Waals surface area (Å²) in [4.78, 5) is 12.5. The van der Waals surface area contributed by atoms with Crippen molar-refractivity contribution in [2.24, 2.45) is 11.7 Å². The van der Waals surface area contributed by atoms with E-state index in [4.69, 9.17) is 10.5 Å². The molecule has 3 unspecified atom stereocenters. The summed E-state index contributed by atoms with van der Waals surface area (Å²) >= 11 is 0. The van der Waals surface area contributed by atoms with Crippen molar-refractivity contribution in [1.29, 1.82) is 0 Å². The molecule has 0 saturated heterocycles.